The van der Waals surface area contributed by atoms with E-state index in [9.17, 15) is 4.79 Å². The van der Waals surface area contributed by atoms with Gasteiger partial charge >= 0.3 is 5.97 Å². The minimum Gasteiger partial charge on any atom is -0.477 e. The highest BCUT2D eigenvalue weighted by atomic mass is 32.1. The fourth-order valence-corrected chi connectivity index (χ4v) is 2.07. The van der Waals surface area contributed by atoms with Crippen LogP contribution in [0.1, 0.15) is 21.1 Å². The molecule has 0 bridgehead atoms. The van der Waals surface area contributed by atoms with Gasteiger partial charge in [-0.15, -0.1) is 0 Å². The second-order valence-corrected chi connectivity index (χ2v) is 4.31. The standard InChI is InChI=1S/C10H10N4O2S/c1-6-8(9(15)16)17-10(13-6)11-5-7-3-2-4-12-14-7/h2-4H,5H2,1H3,(H,11,13)(H,15,16). The third-order valence-corrected chi connectivity index (χ3v) is 3.14. The number of nitrogens with one attached hydrogen (secondary N) is 1. The van der Waals surface area contributed by atoms with Gasteiger partial charge in [-0.2, -0.15) is 10.2 Å². The number of anilines is 1. The Hall–Kier alpha value is -2.02. The Labute approximate surface area is 101 Å². The van der Waals surface area contributed by atoms with Crippen LogP contribution in [-0.4, -0.2) is 26.3 Å². The molecule has 2 aromatic heterocycles. The van der Waals surface area contributed by atoms with Crippen LogP contribution in [0.5, 0.6) is 0 Å². The minimum atomic E-state index is -0.951. The molecule has 2 heterocycles. The van der Waals surface area contributed by atoms with Gasteiger partial charge in [-0.3, -0.25) is 0 Å². The molecule has 2 N–H and O–H groups in total. The zero-order chi connectivity index (χ0) is 12.3. The first-order chi connectivity index (χ1) is 8.16. The number of hydrogen-bond acceptors (Lipinski definition) is 6. The maximum atomic E-state index is 10.8. The lowest BCUT2D eigenvalue weighted by Gasteiger charge is -1.99. The molecule has 0 fully saturated rings. The SMILES string of the molecule is Cc1nc(NCc2cccnn2)sc1C(=O)O. The Morgan fingerprint density at radius 3 is 3.00 bits per heavy atom. The Morgan fingerprint density at radius 2 is 2.41 bits per heavy atom. The van der Waals surface area contributed by atoms with E-state index < -0.39 is 5.97 Å². The summed E-state index contributed by atoms with van der Waals surface area (Å²) in [5, 5.41) is 20.1. The van der Waals surface area contributed by atoms with Gasteiger partial charge in [-0.25, -0.2) is 9.78 Å². The highest BCUT2D eigenvalue weighted by molar-refractivity contribution is 7.17. The van der Waals surface area contributed by atoms with Crippen molar-refractivity contribution in [3.8, 4) is 0 Å². The molecule has 0 amide bonds. The van der Waals surface area contributed by atoms with Crippen molar-refractivity contribution in [2.75, 3.05) is 5.32 Å². The highest BCUT2D eigenvalue weighted by Gasteiger charge is 2.13. The van der Waals surface area contributed by atoms with Crippen molar-refractivity contribution in [1.82, 2.24) is 15.2 Å². The average molecular weight is 250 g/mol. The summed E-state index contributed by atoms with van der Waals surface area (Å²) in [6, 6.07) is 3.62. The molecule has 2 aromatic rings. The number of rotatable bonds is 4. The van der Waals surface area contributed by atoms with E-state index in [1.54, 1.807) is 19.2 Å². The quantitative estimate of drug-likeness (QED) is 0.856. The van der Waals surface area contributed by atoms with Crippen molar-refractivity contribution >= 4 is 22.4 Å². The summed E-state index contributed by atoms with van der Waals surface area (Å²) in [6.07, 6.45) is 1.60. The van der Waals surface area contributed by atoms with Crippen LogP contribution in [0.4, 0.5) is 5.13 Å². The molecule has 88 valence electrons. The third-order valence-electron chi connectivity index (χ3n) is 2.04. The van der Waals surface area contributed by atoms with E-state index in [1.165, 1.54) is 0 Å². The van der Waals surface area contributed by atoms with E-state index in [4.69, 9.17) is 5.11 Å². The van der Waals surface area contributed by atoms with E-state index >= 15 is 0 Å². The maximum Gasteiger partial charge on any atom is 0.347 e. The molecule has 0 aliphatic rings. The molecule has 0 aromatic carbocycles. The second kappa shape index (κ2) is 4.88. The molecule has 0 aliphatic heterocycles. The predicted octanol–water partition coefficient (Wildman–Crippen LogP) is 1.55. The van der Waals surface area contributed by atoms with E-state index in [1.807, 2.05) is 6.07 Å². The summed E-state index contributed by atoms with van der Waals surface area (Å²) in [7, 11) is 0. The lowest BCUT2D eigenvalue weighted by Crippen LogP contribution is -2.01. The Balaban J connectivity index is 2.05. The van der Waals surface area contributed by atoms with Crippen LogP contribution >= 0.6 is 11.3 Å². The monoisotopic (exact) mass is 250 g/mol. The number of thiazole rings is 1. The number of aryl methyl sites for hydroxylation is 1. The summed E-state index contributed by atoms with van der Waals surface area (Å²) < 4.78 is 0. The summed E-state index contributed by atoms with van der Waals surface area (Å²) in [5.41, 5.74) is 1.29. The summed E-state index contributed by atoms with van der Waals surface area (Å²) >= 11 is 1.12. The molecular weight excluding hydrogens is 240 g/mol. The van der Waals surface area contributed by atoms with E-state index in [-0.39, 0.29) is 4.88 Å². The van der Waals surface area contributed by atoms with Gasteiger partial charge < -0.3 is 10.4 Å². The number of aromatic nitrogens is 3. The molecule has 0 spiro atoms. The van der Waals surface area contributed by atoms with Crippen molar-refractivity contribution in [3.05, 3.63) is 34.6 Å². The number of carboxylic acids is 1. The molecule has 7 heteroatoms. The fourth-order valence-electron chi connectivity index (χ4n) is 1.26. The predicted molar refractivity (Wildman–Crippen MR) is 63.2 cm³/mol. The third kappa shape index (κ3) is 2.76. The van der Waals surface area contributed by atoms with E-state index in [2.05, 4.69) is 20.5 Å². The Bertz CT molecular complexity index is 526. The maximum absolute atomic E-state index is 10.8. The molecule has 17 heavy (non-hydrogen) atoms. The normalized spacial score (nSPS) is 10.2. The van der Waals surface area contributed by atoms with Crippen molar-refractivity contribution in [1.29, 1.82) is 0 Å². The summed E-state index contributed by atoms with van der Waals surface area (Å²) in [4.78, 5) is 15.2. The first-order valence-corrected chi connectivity index (χ1v) is 5.69. The van der Waals surface area contributed by atoms with Crippen LogP contribution in [0.15, 0.2) is 18.3 Å². The molecule has 2 rings (SSSR count). The van der Waals surface area contributed by atoms with Gasteiger partial charge in [-0.1, -0.05) is 11.3 Å². The largest absolute Gasteiger partial charge is 0.477 e. The zero-order valence-corrected chi connectivity index (χ0v) is 9.86. The minimum absolute atomic E-state index is 0.256. The lowest BCUT2D eigenvalue weighted by atomic mass is 10.4. The summed E-state index contributed by atoms with van der Waals surface area (Å²) in [6.45, 7) is 2.15. The van der Waals surface area contributed by atoms with Gasteiger partial charge in [0.1, 0.15) is 4.88 Å². The second-order valence-electron chi connectivity index (χ2n) is 3.31. The topological polar surface area (TPSA) is 88.0 Å². The first-order valence-electron chi connectivity index (χ1n) is 4.88. The van der Waals surface area contributed by atoms with Crippen molar-refractivity contribution in [2.45, 2.75) is 13.5 Å². The van der Waals surface area contributed by atoms with Gasteiger partial charge in [0.25, 0.3) is 0 Å². The van der Waals surface area contributed by atoms with Crippen molar-refractivity contribution in [3.63, 3.8) is 0 Å². The van der Waals surface area contributed by atoms with Crippen molar-refractivity contribution < 1.29 is 9.90 Å². The first kappa shape index (κ1) is 11.5. The molecule has 6 nitrogen and oxygen atoms in total. The van der Waals surface area contributed by atoms with Crippen molar-refractivity contribution in [2.24, 2.45) is 0 Å². The molecule has 0 saturated carbocycles. The number of aromatic carboxylic acids is 1. The van der Waals surface area contributed by atoms with Gasteiger partial charge in [0.2, 0.25) is 0 Å². The van der Waals surface area contributed by atoms with Crippen LogP contribution in [0.2, 0.25) is 0 Å². The average Bonchev–Trinajstić information content (AvgIpc) is 2.69. The van der Waals surface area contributed by atoms with Crippen LogP contribution < -0.4 is 5.32 Å². The van der Waals surface area contributed by atoms with Gasteiger partial charge in [-0.05, 0) is 19.1 Å². The van der Waals surface area contributed by atoms with Crippen LogP contribution in [0.25, 0.3) is 0 Å². The number of carboxylic acid groups (broad SMARTS) is 1. The Kier molecular flexibility index (Phi) is 3.29. The molecule has 0 saturated heterocycles. The molecule has 0 atom stereocenters. The van der Waals surface area contributed by atoms with Gasteiger partial charge in [0, 0.05) is 6.20 Å². The Morgan fingerprint density at radius 1 is 1.59 bits per heavy atom. The van der Waals surface area contributed by atoms with Crippen LogP contribution in [0.3, 0.4) is 0 Å². The van der Waals surface area contributed by atoms with E-state index in [0.717, 1.165) is 17.0 Å². The lowest BCUT2D eigenvalue weighted by molar-refractivity contribution is 0.0701. The van der Waals surface area contributed by atoms with Crippen LogP contribution in [-0.2, 0) is 6.54 Å². The van der Waals surface area contributed by atoms with Crippen LogP contribution in [0, 0.1) is 6.92 Å². The van der Waals surface area contributed by atoms with Gasteiger partial charge in [0.15, 0.2) is 5.13 Å². The fraction of sp³-hybridized carbons (Fsp3) is 0.200. The molecule has 0 aliphatic carbocycles. The number of hydrogen-bond donors (Lipinski definition) is 2. The molecule has 0 unspecified atom stereocenters. The van der Waals surface area contributed by atoms with E-state index in [0.29, 0.717) is 17.4 Å². The smallest absolute Gasteiger partial charge is 0.347 e. The summed E-state index contributed by atoms with van der Waals surface area (Å²) in [5.74, 6) is -0.951. The molecule has 0 radical (unpaired) electrons. The number of carbonyl (C=O) groups is 1. The zero-order valence-electron chi connectivity index (χ0n) is 9.04. The number of nitrogens with zero attached hydrogens (tertiary/aromatic N) is 3. The molecular formula is C10H10N4O2S. The van der Waals surface area contributed by atoms with Gasteiger partial charge in [0.05, 0.1) is 17.9 Å². The highest BCUT2D eigenvalue weighted by Crippen LogP contribution is 2.22.